The summed E-state index contributed by atoms with van der Waals surface area (Å²) in [7, 11) is 0. The van der Waals surface area contributed by atoms with Crippen LogP contribution in [-0.2, 0) is 0 Å². The van der Waals surface area contributed by atoms with E-state index in [1.807, 2.05) is 42.6 Å². The van der Waals surface area contributed by atoms with Crippen molar-refractivity contribution >= 4 is 38.3 Å². The molecule has 0 radical (unpaired) electrons. The van der Waals surface area contributed by atoms with Crippen LogP contribution in [0.5, 0.6) is 0 Å². The number of hydrogen-bond donors (Lipinski definition) is 2. The second kappa shape index (κ2) is 6.12. The molecule has 21 heavy (non-hydrogen) atoms. The van der Waals surface area contributed by atoms with E-state index in [9.17, 15) is 0 Å². The van der Waals surface area contributed by atoms with Crippen molar-refractivity contribution < 1.29 is 0 Å². The Morgan fingerprint density at radius 1 is 1.19 bits per heavy atom. The Balaban J connectivity index is 2.18. The fourth-order valence-electron chi connectivity index (χ4n) is 2.51. The van der Waals surface area contributed by atoms with E-state index in [0.717, 1.165) is 26.4 Å². The van der Waals surface area contributed by atoms with Gasteiger partial charge in [0.05, 0.1) is 6.04 Å². The molecule has 2 aromatic carbocycles. The average molecular weight is 363 g/mol. The van der Waals surface area contributed by atoms with Crippen LogP contribution in [0.25, 0.3) is 10.8 Å². The summed E-state index contributed by atoms with van der Waals surface area (Å²) in [5.41, 5.74) is 4.97. The van der Waals surface area contributed by atoms with Crippen molar-refractivity contribution in [3.63, 3.8) is 0 Å². The molecule has 0 amide bonds. The largest absolute Gasteiger partial charge is 0.271 e. The van der Waals surface area contributed by atoms with E-state index in [0.29, 0.717) is 5.02 Å². The first kappa shape index (κ1) is 14.5. The van der Waals surface area contributed by atoms with Crippen molar-refractivity contribution in [2.45, 2.75) is 6.04 Å². The van der Waals surface area contributed by atoms with Gasteiger partial charge in [0.15, 0.2) is 0 Å². The topological polar surface area (TPSA) is 50.9 Å². The molecule has 1 unspecified atom stereocenters. The van der Waals surface area contributed by atoms with Gasteiger partial charge in [-0.2, -0.15) is 0 Å². The average Bonchev–Trinajstić information content (AvgIpc) is 2.47. The molecule has 106 valence electrons. The van der Waals surface area contributed by atoms with Crippen molar-refractivity contribution in [3.8, 4) is 0 Å². The second-order valence-electron chi connectivity index (χ2n) is 4.75. The van der Waals surface area contributed by atoms with Gasteiger partial charge in [0.25, 0.3) is 0 Å². The number of hydrazine groups is 1. The first-order chi connectivity index (χ1) is 10.2. The minimum atomic E-state index is -0.147. The lowest BCUT2D eigenvalue weighted by Crippen LogP contribution is -2.29. The Labute approximate surface area is 136 Å². The summed E-state index contributed by atoms with van der Waals surface area (Å²) in [6, 6.07) is 13.7. The Bertz CT molecular complexity index is 766. The summed E-state index contributed by atoms with van der Waals surface area (Å²) in [6.07, 6.45) is 3.63. The fourth-order valence-corrected chi connectivity index (χ4v) is 3.39. The van der Waals surface area contributed by atoms with E-state index >= 15 is 0 Å². The number of nitrogens with one attached hydrogen (secondary N) is 1. The molecular weight excluding hydrogens is 350 g/mol. The number of rotatable bonds is 3. The molecule has 0 bridgehead atoms. The first-order valence-corrected chi connectivity index (χ1v) is 7.61. The highest BCUT2D eigenvalue weighted by Crippen LogP contribution is 2.31. The summed E-state index contributed by atoms with van der Waals surface area (Å²) in [4.78, 5) is 4.16. The summed E-state index contributed by atoms with van der Waals surface area (Å²) >= 11 is 9.62. The van der Waals surface area contributed by atoms with Gasteiger partial charge in [-0.1, -0.05) is 45.7 Å². The van der Waals surface area contributed by atoms with Gasteiger partial charge < -0.3 is 0 Å². The zero-order chi connectivity index (χ0) is 14.8. The molecule has 0 aliphatic heterocycles. The summed E-state index contributed by atoms with van der Waals surface area (Å²) in [5.74, 6) is 5.80. The quantitative estimate of drug-likeness (QED) is 0.542. The van der Waals surface area contributed by atoms with E-state index in [1.165, 1.54) is 0 Å². The van der Waals surface area contributed by atoms with Gasteiger partial charge in [-0.3, -0.25) is 10.8 Å². The van der Waals surface area contributed by atoms with E-state index < -0.39 is 0 Å². The molecule has 0 aliphatic rings. The standard InChI is InChI=1S/C16H13BrClN3/c17-12-6-11(7-13(18)8-12)16(21-19)15-3-1-2-10-9-20-5-4-14(10)15/h1-9,16,21H,19H2. The maximum Gasteiger partial charge on any atom is 0.0717 e. The molecule has 1 heterocycles. The number of benzene rings is 2. The maximum atomic E-state index is 6.15. The number of fused-ring (bicyclic) bond motifs is 1. The number of halogens is 2. The maximum absolute atomic E-state index is 6.15. The highest BCUT2D eigenvalue weighted by Gasteiger charge is 2.16. The Hall–Kier alpha value is -1.46. The molecule has 3 nitrogen and oxygen atoms in total. The van der Waals surface area contributed by atoms with Crippen LogP contribution in [0.3, 0.4) is 0 Å². The zero-order valence-corrected chi connectivity index (χ0v) is 13.4. The van der Waals surface area contributed by atoms with Crippen molar-refractivity contribution in [2.24, 2.45) is 5.84 Å². The lowest BCUT2D eigenvalue weighted by atomic mass is 9.95. The van der Waals surface area contributed by atoms with E-state index in [-0.39, 0.29) is 6.04 Å². The van der Waals surface area contributed by atoms with Gasteiger partial charge in [0.1, 0.15) is 0 Å². The van der Waals surface area contributed by atoms with Crippen LogP contribution in [0.1, 0.15) is 17.2 Å². The lowest BCUT2D eigenvalue weighted by Gasteiger charge is -2.19. The molecule has 0 spiro atoms. The third-order valence-corrected chi connectivity index (χ3v) is 4.09. The van der Waals surface area contributed by atoms with Crippen LogP contribution in [0.2, 0.25) is 5.02 Å². The molecule has 3 N–H and O–H groups in total. The normalized spacial score (nSPS) is 12.5. The first-order valence-electron chi connectivity index (χ1n) is 6.44. The number of pyridine rings is 1. The third kappa shape index (κ3) is 2.94. The van der Waals surface area contributed by atoms with Crippen molar-refractivity contribution in [1.82, 2.24) is 10.4 Å². The van der Waals surface area contributed by atoms with Crippen molar-refractivity contribution in [3.05, 3.63) is 75.5 Å². The fraction of sp³-hybridized carbons (Fsp3) is 0.0625. The van der Waals surface area contributed by atoms with Crippen LogP contribution in [0.4, 0.5) is 0 Å². The number of hydrogen-bond acceptors (Lipinski definition) is 3. The molecule has 0 saturated carbocycles. The summed E-state index contributed by atoms with van der Waals surface area (Å²) < 4.78 is 0.923. The van der Waals surface area contributed by atoms with E-state index in [1.54, 1.807) is 6.20 Å². The van der Waals surface area contributed by atoms with Gasteiger partial charge in [0, 0.05) is 27.3 Å². The predicted octanol–water partition coefficient (Wildman–Crippen LogP) is 4.20. The van der Waals surface area contributed by atoms with Gasteiger partial charge in [0.2, 0.25) is 0 Å². The summed E-state index contributed by atoms with van der Waals surface area (Å²) in [5, 5.41) is 2.87. The van der Waals surface area contributed by atoms with Gasteiger partial charge >= 0.3 is 0 Å². The molecule has 1 atom stereocenters. The molecule has 1 aromatic heterocycles. The SMILES string of the molecule is NNC(c1cc(Cl)cc(Br)c1)c1cccc2cnccc12. The molecule has 0 saturated heterocycles. The Morgan fingerprint density at radius 2 is 2.05 bits per heavy atom. The molecule has 0 aliphatic carbocycles. The predicted molar refractivity (Wildman–Crippen MR) is 90.1 cm³/mol. The zero-order valence-electron chi connectivity index (χ0n) is 11.1. The smallest absolute Gasteiger partial charge is 0.0717 e. The highest BCUT2D eigenvalue weighted by molar-refractivity contribution is 9.10. The van der Waals surface area contributed by atoms with Crippen LogP contribution in [0.15, 0.2) is 59.3 Å². The molecule has 5 heteroatoms. The minimum absolute atomic E-state index is 0.147. The van der Waals surface area contributed by atoms with E-state index in [4.69, 9.17) is 17.4 Å². The van der Waals surface area contributed by atoms with E-state index in [2.05, 4.69) is 32.4 Å². The molecule has 3 aromatic rings. The Kier molecular flexibility index (Phi) is 4.22. The number of nitrogens with two attached hydrogens (primary N) is 1. The van der Waals surface area contributed by atoms with Gasteiger partial charge in [-0.05, 0) is 40.8 Å². The highest BCUT2D eigenvalue weighted by atomic mass is 79.9. The number of aromatic nitrogens is 1. The van der Waals surface area contributed by atoms with Gasteiger partial charge in [-0.25, -0.2) is 5.43 Å². The van der Waals surface area contributed by atoms with Crippen LogP contribution >= 0.6 is 27.5 Å². The molecule has 0 fully saturated rings. The number of nitrogens with zero attached hydrogens (tertiary/aromatic N) is 1. The Morgan fingerprint density at radius 3 is 2.81 bits per heavy atom. The van der Waals surface area contributed by atoms with Crippen molar-refractivity contribution in [1.29, 1.82) is 0 Å². The minimum Gasteiger partial charge on any atom is -0.271 e. The van der Waals surface area contributed by atoms with Crippen LogP contribution < -0.4 is 11.3 Å². The summed E-state index contributed by atoms with van der Waals surface area (Å²) in [6.45, 7) is 0. The molecular formula is C16H13BrClN3. The second-order valence-corrected chi connectivity index (χ2v) is 6.10. The van der Waals surface area contributed by atoms with Crippen molar-refractivity contribution in [2.75, 3.05) is 0 Å². The van der Waals surface area contributed by atoms with Gasteiger partial charge in [-0.15, -0.1) is 0 Å². The third-order valence-electron chi connectivity index (χ3n) is 3.41. The molecule has 3 rings (SSSR count). The lowest BCUT2D eigenvalue weighted by molar-refractivity contribution is 0.640. The van der Waals surface area contributed by atoms with Crippen LogP contribution in [-0.4, -0.2) is 4.98 Å². The van der Waals surface area contributed by atoms with Crippen LogP contribution in [0, 0.1) is 0 Å². The monoisotopic (exact) mass is 361 g/mol.